The zero-order chi connectivity index (χ0) is 50.5. The van der Waals surface area contributed by atoms with E-state index in [4.69, 9.17) is 18.5 Å². The maximum Gasteiger partial charge on any atom is 0.472 e. The van der Waals surface area contributed by atoms with Gasteiger partial charge in [-0.15, -0.1) is 0 Å². The van der Waals surface area contributed by atoms with Crippen LogP contribution in [0.25, 0.3) is 0 Å². The molecule has 392 valence electrons. The first-order valence-electron chi connectivity index (χ1n) is 24.6. The molecule has 19 heteroatoms. The summed E-state index contributed by atoms with van der Waals surface area (Å²) >= 11 is 0. The summed E-state index contributed by atoms with van der Waals surface area (Å²) in [5.41, 5.74) is 0. The van der Waals surface area contributed by atoms with Crippen LogP contribution in [-0.4, -0.2) is 114 Å². The number of esters is 2. The molecule has 1 fully saturated rings. The predicted molar refractivity (Wildman–Crippen MR) is 261 cm³/mol. The average Bonchev–Trinajstić information content (AvgIpc) is 3.29. The molecule has 0 radical (unpaired) electrons. The second kappa shape index (κ2) is 39.1. The number of carbonyl (C=O) groups is 2. The molecule has 1 aliphatic rings. The summed E-state index contributed by atoms with van der Waals surface area (Å²) in [4.78, 5) is 54.3. The Hall–Kier alpha value is -2.60. The third-order valence-corrected chi connectivity index (χ3v) is 12.4. The van der Waals surface area contributed by atoms with Gasteiger partial charge in [-0.3, -0.25) is 23.2 Å². The van der Waals surface area contributed by atoms with Crippen molar-refractivity contribution >= 4 is 27.6 Å². The molecule has 1 saturated carbocycles. The Labute approximate surface area is 404 Å². The van der Waals surface area contributed by atoms with Crippen molar-refractivity contribution in [3.63, 3.8) is 0 Å². The normalized spacial score (nSPS) is 22.3. The number of ether oxygens (including phenoxy) is 2. The van der Waals surface area contributed by atoms with Crippen LogP contribution in [0.2, 0.25) is 0 Å². The Morgan fingerprint density at radius 3 is 1.62 bits per heavy atom. The van der Waals surface area contributed by atoms with Gasteiger partial charge in [0.25, 0.3) is 0 Å². The molecule has 1 aliphatic carbocycles. The Bertz CT molecular complexity index is 1610. The lowest BCUT2D eigenvalue weighted by atomic mass is 9.85. The highest BCUT2D eigenvalue weighted by Gasteiger charge is 2.54. The molecule has 0 spiro atoms. The summed E-state index contributed by atoms with van der Waals surface area (Å²) in [5.74, 6) is -1.43. The molecule has 0 aromatic rings. The second-order valence-corrected chi connectivity index (χ2v) is 19.6. The van der Waals surface area contributed by atoms with Gasteiger partial charge in [0.1, 0.15) is 43.2 Å². The van der Waals surface area contributed by atoms with Gasteiger partial charge < -0.3 is 49.7 Å². The van der Waals surface area contributed by atoms with E-state index in [2.05, 4.69) is 67.0 Å². The molecule has 0 saturated heterocycles. The van der Waals surface area contributed by atoms with E-state index in [0.717, 1.165) is 57.8 Å². The second-order valence-electron chi connectivity index (χ2n) is 17.0. The maximum atomic E-state index is 13.0. The van der Waals surface area contributed by atoms with Gasteiger partial charge in [-0.1, -0.05) is 145 Å². The topological polar surface area (TPSA) is 276 Å². The number of unbranched alkanes of at least 4 members (excludes halogenated alkanes) is 13. The largest absolute Gasteiger partial charge is 0.472 e. The van der Waals surface area contributed by atoms with Crippen molar-refractivity contribution in [3.05, 3.63) is 72.9 Å². The molecule has 68 heavy (non-hydrogen) atoms. The molecule has 0 aliphatic heterocycles. The fraction of sp³-hybridized carbons (Fsp3) is 0.714. The van der Waals surface area contributed by atoms with Crippen LogP contribution in [-0.2, 0) is 41.8 Å². The summed E-state index contributed by atoms with van der Waals surface area (Å²) in [6.07, 6.45) is 28.7. The van der Waals surface area contributed by atoms with Crippen molar-refractivity contribution in [2.24, 2.45) is 0 Å². The predicted octanol–water partition coefficient (Wildman–Crippen LogP) is 8.59. The summed E-state index contributed by atoms with van der Waals surface area (Å²) in [6, 6.07) is 0. The molecule has 8 N–H and O–H groups in total. The smallest absolute Gasteiger partial charge is 0.462 e. The van der Waals surface area contributed by atoms with E-state index >= 15 is 0 Å². The van der Waals surface area contributed by atoms with Crippen molar-refractivity contribution in [3.8, 4) is 0 Å². The highest BCUT2D eigenvalue weighted by molar-refractivity contribution is 7.47. The van der Waals surface area contributed by atoms with Crippen LogP contribution in [0.3, 0.4) is 0 Å². The van der Waals surface area contributed by atoms with E-state index in [1.165, 1.54) is 57.8 Å². The monoisotopic (exact) mass is 1010 g/mol. The zero-order valence-electron chi connectivity index (χ0n) is 40.4. The van der Waals surface area contributed by atoms with E-state index in [-0.39, 0.29) is 25.7 Å². The molecule has 0 heterocycles. The molecule has 0 amide bonds. The van der Waals surface area contributed by atoms with Gasteiger partial charge >= 0.3 is 27.6 Å². The van der Waals surface area contributed by atoms with Gasteiger partial charge in [-0.05, 0) is 77.0 Å². The Kier molecular flexibility index (Phi) is 36.4. The first-order chi connectivity index (χ1) is 32.5. The van der Waals surface area contributed by atoms with Gasteiger partial charge in [0.15, 0.2) is 6.10 Å². The summed E-state index contributed by atoms with van der Waals surface area (Å²) in [7, 11) is -10.8. The van der Waals surface area contributed by atoms with Crippen molar-refractivity contribution in [2.45, 2.75) is 210 Å². The highest BCUT2D eigenvalue weighted by atomic mass is 31.2. The van der Waals surface area contributed by atoms with Crippen LogP contribution in [0.1, 0.15) is 162 Å². The molecule has 0 aromatic carbocycles. The number of carbonyl (C=O) groups excluding carboxylic acids is 2. The number of rotatable bonds is 40. The Morgan fingerprint density at radius 2 is 1.03 bits per heavy atom. The lowest BCUT2D eigenvalue weighted by Gasteiger charge is -2.43. The standard InChI is InChI=1S/C49H84O17P2/c1-3-5-7-9-11-13-15-17-18-19-20-22-24-26-28-30-32-36-43(52)64-41(39-63-68(60,61)66-49-46(55)44(53)45(54)48(47(49)56)65-67(57,58)59)38-62-42(51)37-33-35-40(50)34-31-29-27-25-23-21-16-14-12-10-8-6-4-2/h11,13,17-18,20-23,27,29,31,34,40-41,44-50,53-56H,3-10,12,14-16,19,24-26,28,30,32-33,35-39H2,1-2H3,(H,60,61)(H2,57,58,59)/b13-11-,18-17-,22-20-,23-21+,29-27+,34-31+/t40?,41-,44?,45?,46?,47?,48-,49+/m1/s1. The van der Waals surface area contributed by atoms with Crippen molar-refractivity contribution in [2.75, 3.05) is 13.2 Å². The lowest BCUT2D eigenvalue weighted by molar-refractivity contribution is -0.216. The maximum absolute atomic E-state index is 13.0. The van der Waals surface area contributed by atoms with Crippen LogP contribution < -0.4 is 0 Å². The summed E-state index contributed by atoms with van der Waals surface area (Å²) in [5, 5.41) is 51.6. The molecular weight excluding hydrogens is 922 g/mol. The summed E-state index contributed by atoms with van der Waals surface area (Å²) in [6.45, 7) is 2.89. The quantitative estimate of drug-likeness (QED) is 0.00938. The molecule has 6 unspecified atom stereocenters. The Balaban J connectivity index is 2.68. The van der Waals surface area contributed by atoms with E-state index < -0.39 is 89.6 Å². The third kappa shape index (κ3) is 33.1. The minimum Gasteiger partial charge on any atom is -0.462 e. The Morgan fingerprint density at radius 1 is 0.544 bits per heavy atom. The molecule has 9 atom stereocenters. The number of aliphatic hydroxyl groups excluding tert-OH is 5. The number of phosphoric acid groups is 2. The first kappa shape index (κ1) is 63.4. The van der Waals surface area contributed by atoms with Gasteiger partial charge in [0.2, 0.25) is 0 Å². The molecule has 0 bridgehead atoms. The van der Waals surface area contributed by atoms with Crippen LogP contribution in [0.5, 0.6) is 0 Å². The SMILES string of the molecule is CCCCC/C=C\C/C=C\C/C=C\CCCCCCC(=O)O[C@H](COC(=O)CCCC(O)/C=C/C=C/C/C=C/CCCCCCCC)COP(=O)(O)O[C@H]1C(O)C(O)C(O)[C@@H](OP(=O)(O)O)C1O. The van der Waals surface area contributed by atoms with Crippen LogP contribution in [0, 0.1) is 0 Å². The number of allylic oxidation sites excluding steroid dienone is 11. The van der Waals surface area contributed by atoms with Gasteiger partial charge in [0.05, 0.1) is 12.7 Å². The number of hydrogen-bond acceptors (Lipinski definition) is 14. The van der Waals surface area contributed by atoms with Crippen molar-refractivity contribution in [1.82, 2.24) is 0 Å². The van der Waals surface area contributed by atoms with Crippen LogP contribution >= 0.6 is 15.6 Å². The van der Waals surface area contributed by atoms with E-state index in [9.17, 15) is 58.9 Å². The summed E-state index contributed by atoms with van der Waals surface area (Å²) < 4.78 is 49.2. The minimum absolute atomic E-state index is 0.0242. The van der Waals surface area contributed by atoms with Crippen LogP contribution in [0.15, 0.2) is 72.9 Å². The van der Waals surface area contributed by atoms with Gasteiger partial charge in [-0.25, -0.2) is 9.13 Å². The highest BCUT2D eigenvalue weighted by Crippen LogP contribution is 2.49. The number of phosphoric ester groups is 2. The molecule has 17 nitrogen and oxygen atoms in total. The van der Waals surface area contributed by atoms with E-state index in [0.29, 0.717) is 6.42 Å². The fourth-order valence-electron chi connectivity index (χ4n) is 6.98. The van der Waals surface area contributed by atoms with Crippen molar-refractivity contribution < 1.29 is 82.0 Å². The van der Waals surface area contributed by atoms with E-state index in [1.54, 1.807) is 12.2 Å². The van der Waals surface area contributed by atoms with Crippen LogP contribution in [0.4, 0.5) is 0 Å². The lowest BCUT2D eigenvalue weighted by Crippen LogP contribution is -2.64. The van der Waals surface area contributed by atoms with Gasteiger partial charge in [0, 0.05) is 12.8 Å². The number of hydrogen-bond donors (Lipinski definition) is 8. The van der Waals surface area contributed by atoms with E-state index in [1.807, 2.05) is 12.2 Å². The zero-order valence-corrected chi connectivity index (χ0v) is 42.2. The van der Waals surface area contributed by atoms with Crippen molar-refractivity contribution in [1.29, 1.82) is 0 Å². The molecule has 0 aromatic heterocycles. The fourth-order valence-corrected chi connectivity index (χ4v) is 8.52. The third-order valence-electron chi connectivity index (χ3n) is 10.9. The molecule has 1 rings (SSSR count). The molecular formula is C49H84O17P2. The first-order valence-corrected chi connectivity index (χ1v) is 27.6. The minimum atomic E-state index is -5.39. The average molecular weight is 1010 g/mol. The van der Waals surface area contributed by atoms with Gasteiger partial charge in [-0.2, -0.15) is 0 Å². The number of aliphatic hydroxyl groups is 5.